The molecule has 1 aliphatic heterocycles. The maximum Gasteiger partial charge on any atom is 0.254 e. The monoisotopic (exact) mass is 283 g/mol. The summed E-state index contributed by atoms with van der Waals surface area (Å²) in [7, 11) is 0. The molecule has 1 aromatic heterocycles. The van der Waals surface area contributed by atoms with Crippen LogP contribution in [0.1, 0.15) is 12.8 Å². The fraction of sp³-hybridized carbons (Fsp3) is 0.583. The third-order valence-electron chi connectivity index (χ3n) is 3.42. The summed E-state index contributed by atoms with van der Waals surface area (Å²) in [6.07, 6.45) is 4.11. The Morgan fingerprint density at radius 3 is 2.89 bits per heavy atom. The number of aliphatic hydroxyl groups is 1. The molecule has 1 aromatic rings. The van der Waals surface area contributed by atoms with Gasteiger partial charge in [-0.25, -0.2) is 0 Å². The second-order valence-electron chi connectivity index (χ2n) is 5.10. The lowest BCUT2D eigenvalue weighted by atomic mass is 10.00. The zero-order valence-electron chi connectivity index (χ0n) is 10.3. The molecule has 7 heteroatoms. The summed E-state index contributed by atoms with van der Waals surface area (Å²) in [6, 6.07) is 0. The van der Waals surface area contributed by atoms with Crippen molar-refractivity contribution in [2.45, 2.75) is 18.4 Å². The van der Waals surface area contributed by atoms with Gasteiger partial charge in [-0.2, -0.15) is 4.98 Å². The Bertz CT molecular complexity index is 501. The van der Waals surface area contributed by atoms with Crippen LogP contribution in [0, 0.1) is 5.92 Å². The molecule has 3 rings (SSSR count). The highest BCUT2D eigenvalue weighted by Gasteiger charge is 2.52. The molecule has 0 spiro atoms. The van der Waals surface area contributed by atoms with Gasteiger partial charge in [0.05, 0.1) is 19.0 Å². The Hall–Kier alpha value is -1.40. The maximum absolute atomic E-state index is 11.8. The van der Waals surface area contributed by atoms with Crippen molar-refractivity contribution in [3.8, 4) is 5.88 Å². The van der Waals surface area contributed by atoms with E-state index in [1.165, 1.54) is 12.4 Å². The molecule has 19 heavy (non-hydrogen) atoms. The number of carbonyl (C=O) groups excluding carboxylic acids is 1. The van der Waals surface area contributed by atoms with Gasteiger partial charge in [-0.1, -0.05) is 11.6 Å². The minimum absolute atomic E-state index is 0.147. The summed E-state index contributed by atoms with van der Waals surface area (Å²) in [5.41, 5.74) is -1.07. The van der Waals surface area contributed by atoms with E-state index in [2.05, 4.69) is 9.97 Å². The third-order valence-corrected chi connectivity index (χ3v) is 3.60. The van der Waals surface area contributed by atoms with Crippen molar-refractivity contribution in [1.82, 2.24) is 14.9 Å². The van der Waals surface area contributed by atoms with E-state index in [0.717, 1.165) is 0 Å². The highest BCUT2D eigenvalue weighted by atomic mass is 35.5. The summed E-state index contributed by atoms with van der Waals surface area (Å²) in [4.78, 5) is 21.3. The number of aromatic nitrogens is 2. The highest BCUT2D eigenvalue weighted by molar-refractivity contribution is 6.29. The number of rotatable bonds is 4. The van der Waals surface area contributed by atoms with Crippen LogP contribution in [0.15, 0.2) is 12.4 Å². The van der Waals surface area contributed by atoms with Gasteiger partial charge >= 0.3 is 0 Å². The van der Waals surface area contributed by atoms with Crippen LogP contribution in [0.2, 0.25) is 5.15 Å². The standard InChI is InChI=1S/C12H14ClN3O3/c13-9-3-14-4-10(15-9)19-7-8-5-16(6-8)11(17)12(18)1-2-12/h3-4,8,18H,1-2,5-7H2. The van der Waals surface area contributed by atoms with Gasteiger partial charge in [0.25, 0.3) is 5.91 Å². The first kappa shape index (κ1) is 12.6. The summed E-state index contributed by atoms with van der Waals surface area (Å²) < 4.78 is 5.46. The van der Waals surface area contributed by atoms with Crippen molar-refractivity contribution in [3.63, 3.8) is 0 Å². The van der Waals surface area contributed by atoms with Crippen LogP contribution in [0.4, 0.5) is 0 Å². The average molecular weight is 284 g/mol. The molecule has 0 radical (unpaired) electrons. The van der Waals surface area contributed by atoms with Crippen molar-refractivity contribution in [2.75, 3.05) is 19.7 Å². The van der Waals surface area contributed by atoms with Gasteiger partial charge in [-0.05, 0) is 12.8 Å². The van der Waals surface area contributed by atoms with Crippen LogP contribution in [0.5, 0.6) is 5.88 Å². The number of carbonyl (C=O) groups is 1. The normalized spacial score (nSPS) is 20.8. The summed E-state index contributed by atoms with van der Waals surface area (Å²) in [5, 5.41) is 9.99. The Kier molecular flexibility index (Phi) is 3.06. The van der Waals surface area contributed by atoms with E-state index in [4.69, 9.17) is 16.3 Å². The summed E-state index contributed by atoms with van der Waals surface area (Å²) in [5.74, 6) is 0.511. The minimum Gasteiger partial charge on any atom is -0.476 e. The molecule has 2 heterocycles. The van der Waals surface area contributed by atoms with Crippen molar-refractivity contribution < 1.29 is 14.6 Å². The van der Waals surface area contributed by atoms with Crippen LogP contribution < -0.4 is 4.74 Å². The number of amides is 1. The minimum atomic E-state index is -1.07. The predicted octanol–water partition coefficient (Wildman–Crippen LogP) is 0.492. The van der Waals surface area contributed by atoms with E-state index in [9.17, 15) is 9.90 Å². The molecule has 1 saturated carbocycles. The smallest absolute Gasteiger partial charge is 0.254 e. The van der Waals surface area contributed by atoms with Gasteiger partial charge in [0.15, 0.2) is 5.15 Å². The maximum atomic E-state index is 11.8. The molecule has 1 aliphatic carbocycles. The van der Waals surface area contributed by atoms with Crippen molar-refractivity contribution in [1.29, 1.82) is 0 Å². The average Bonchev–Trinajstić information content (AvgIpc) is 3.06. The molecule has 1 amide bonds. The second kappa shape index (κ2) is 4.61. The van der Waals surface area contributed by atoms with E-state index in [1.54, 1.807) is 4.90 Å². The summed E-state index contributed by atoms with van der Waals surface area (Å²) in [6.45, 7) is 1.71. The molecule has 102 valence electrons. The topological polar surface area (TPSA) is 75.6 Å². The van der Waals surface area contributed by atoms with Gasteiger partial charge in [0.1, 0.15) is 5.60 Å². The first-order valence-electron chi connectivity index (χ1n) is 6.19. The van der Waals surface area contributed by atoms with Crippen molar-refractivity contribution in [2.24, 2.45) is 5.92 Å². The number of hydrogen-bond donors (Lipinski definition) is 1. The molecule has 0 aromatic carbocycles. The van der Waals surface area contributed by atoms with E-state index in [-0.39, 0.29) is 11.8 Å². The molecular formula is C12H14ClN3O3. The highest BCUT2D eigenvalue weighted by Crippen LogP contribution is 2.38. The largest absolute Gasteiger partial charge is 0.476 e. The zero-order chi connectivity index (χ0) is 13.5. The van der Waals surface area contributed by atoms with Crippen LogP contribution in [-0.4, -0.2) is 51.2 Å². The van der Waals surface area contributed by atoms with Crippen LogP contribution in [0.25, 0.3) is 0 Å². The molecule has 2 aliphatic rings. The van der Waals surface area contributed by atoms with E-state index in [1.807, 2.05) is 0 Å². The number of likely N-dealkylation sites (tertiary alicyclic amines) is 1. The van der Waals surface area contributed by atoms with Crippen molar-refractivity contribution >= 4 is 17.5 Å². The van der Waals surface area contributed by atoms with Crippen LogP contribution in [0.3, 0.4) is 0 Å². The fourth-order valence-electron chi connectivity index (χ4n) is 2.07. The van der Waals surface area contributed by atoms with Crippen LogP contribution >= 0.6 is 11.6 Å². The first-order valence-corrected chi connectivity index (χ1v) is 6.57. The van der Waals surface area contributed by atoms with Crippen molar-refractivity contribution in [3.05, 3.63) is 17.5 Å². The lowest BCUT2D eigenvalue weighted by Crippen LogP contribution is -2.55. The number of hydrogen-bond acceptors (Lipinski definition) is 5. The van der Waals surface area contributed by atoms with E-state index >= 15 is 0 Å². The van der Waals surface area contributed by atoms with Gasteiger partial charge in [0.2, 0.25) is 5.88 Å². The molecule has 6 nitrogen and oxygen atoms in total. The first-order chi connectivity index (χ1) is 9.07. The fourth-order valence-corrected chi connectivity index (χ4v) is 2.21. The number of halogens is 1. The third kappa shape index (κ3) is 2.64. The number of ether oxygens (including phenoxy) is 1. The van der Waals surface area contributed by atoms with E-state index < -0.39 is 5.60 Å². The molecule has 1 saturated heterocycles. The van der Waals surface area contributed by atoms with E-state index in [0.29, 0.717) is 43.6 Å². The van der Waals surface area contributed by atoms with Gasteiger partial charge in [-0.3, -0.25) is 9.78 Å². The lowest BCUT2D eigenvalue weighted by Gasteiger charge is -2.40. The summed E-state index contributed by atoms with van der Waals surface area (Å²) >= 11 is 5.70. The zero-order valence-corrected chi connectivity index (χ0v) is 11.0. The Morgan fingerprint density at radius 1 is 1.53 bits per heavy atom. The second-order valence-corrected chi connectivity index (χ2v) is 5.49. The Morgan fingerprint density at radius 2 is 2.26 bits per heavy atom. The molecule has 1 N–H and O–H groups in total. The lowest BCUT2D eigenvalue weighted by molar-refractivity contribution is -0.149. The van der Waals surface area contributed by atoms with Gasteiger partial charge in [-0.15, -0.1) is 0 Å². The molecule has 0 bridgehead atoms. The number of nitrogens with zero attached hydrogens (tertiary/aromatic N) is 3. The quantitative estimate of drug-likeness (QED) is 0.870. The Balaban J connectivity index is 1.43. The molecule has 2 fully saturated rings. The molecular weight excluding hydrogens is 270 g/mol. The van der Waals surface area contributed by atoms with Gasteiger partial charge < -0.3 is 14.7 Å². The SMILES string of the molecule is O=C(N1CC(COc2cncc(Cl)n2)C1)C1(O)CC1. The Labute approximate surface area is 115 Å². The molecule has 0 unspecified atom stereocenters. The predicted molar refractivity (Wildman–Crippen MR) is 66.8 cm³/mol. The molecule has 0 atom stereocenters. The van der Waals surface area contributed by atoms with Gasteiger partial charge in [0, 0.05) is 19.0 Å². The van der Waals surface area contributed by atoms with Crippen LogP contribution in [-0.2, 0) is 4.79 Å².